The minimum absolute atomic E-state index is 0.0859. The average molecular weight is 338 g/mol. The molecule has 0 aromatic heterocycles. The van der Waals surface area contributed by atoms with Crippen molar-refractivity contribution >= 4 is 12.1 Å². The maximum atomic E-state index is 11.8. The Morgan fingerprint density at radius 2 is 1.80 bits per heavy atom. The van der Waals surface area contributed by atoms with E-state index >= 15 is 0 Å². The Morgan fingerprint density at radius 3 is 2.44 bits per heavy atom. The van der Waals surface area contributed by atoms with Crippen LogP contribution >= 0.6 is 0 Å². The molecule has 5 heteroatoms. The van der Waals surface area contributed by atoms with Crippen molar-refractivity contribution in [1.29, 1.82) is 0 Å². The number of hydrogen-bond acceptors (Lipinski definition) is 4. The zero-order chi connectivity index (χ0) is 18.1. The molecule has 0 atom stereocenters. The van der Waals surface area contributed by atoms with Gasteiger partial charge in [-0.15, -0.1) is 0 Å². The number of nitrogens with one attached hydrogen (secondary N) is 1. The van der Waals surface area contributed by atoms with Crippen LogP contribution in [-0.4, -0.2) is 25.3 Å². The average Bonchev–Trinajstić information content (AvgIpc) is 2.60. The molecule has 0 bridgehead atoms. The maximum absolute atomic E-state index is 11.8. The number of benzene rings is 2. The van der Waals surface area contributed by atoms with Gasteiger partial charge in [0.25, 0.3) is 5.91 Å². The Bertz CT molecular complexity index is 732. The number of amides is 1. The van der Waals surface area contributed by atoms with Crippen molar-refractivity contribution in [2.45, 2.75) is 13.8 Å². The number of carbonyl (C=O) groups is 1. The van der Waals surface area contributed by atoms with Gasteiger partial charge in [0.2, 0.25) is 0 Å². The molecular formula is C20H22N2O3. The summed E-state index contributed by atoms with van der Waals surface area (Å²) < 4.78 is 11.0. The van der Waals surface area contributed by atoms with Gasteiger partial charge in [0.05, 0.1) is 6.21 Å². The zero-order valence-electron chi connectivity index (χ0n) is 14.5. The molecule has 0 heterocycles. The second-order valence-corrected chi connectivity index (χ2v) is 5.47. The molecule has 0 aliphatic heterocycles. The van der Waals surface area contributed by atoms with E-state index in [4.69, 9.17) is 9.47 Å². The standard InChI is InChI=1S/C20H22N2O3/c1-4-12-24-18-10-8-17(9-11-18)13-21-22-19(23)14-25-20-15(2)6-5-7-16(20)3/h4-11,13H,1,12,14H2,2-3H3,(H,22,23)/b21-13-. The Kier molecular flexibility index (Phi) is 6.77. The minimum Gasteiger partial charge on any atom is -0.490 e. The topological polar surface area (TPSA) is 59.9 Å². The minimum atomic E-state index is -0.315. The van der Waals surface area contributed by atoms with E-state index in [0.717, 1.165) is 28.2 Å². The Labute approximate surface area is 148 Å². The molecule has 1 amide bonds. The Hall–Kier alpha value is -3.08. The van der Waals surface area contributed by atoms with Crippen molar-refractivity contribution in [2.24, 2.45) is 5.10 Å². The van der Waals surface area contributed by atoms with Crippen LogP contribution in [0.1, 0.15) is 16.7 Å². The normalized spacial score (nSPS) is 10.5. The number of hydrazone groups is 1. The molecule has 0 saturated heterocycles. The second kappa shape index (κ2) is 9.27. The molecule has 25 heavy (non-hydrogen) atoms. The molecule has 0 aliphatic rings. The third-order valence-corrected chi connectivity index (χ3v) is 3.41. The van der Waals surface area contributed by atoms with Crippen molar-refractivity contribution < 1.29 is 14.3 Å². The monoisotopic (exact) mass is 338 g/mol. The molecule has 0 radical (unpaired) electrons. The third kappa shape index (κ3) is 5.80. The lowest BCUT2D eigenvalue weighted by Gasteiger charge is -2.10. The number of carbonyl (C=O) groups excluding carboxylic acids is 1. The van der Waals surface area contributed by atoms with E-state index in [0.29, 0.717) is 6.61 Å². The van der Waals surface area contributed by atoms with Crippen LogP contribution in [0.2, 0.25) is 0 Å². The van der Waals surface area contributed by atoms with Crippen LogP contribution < -0.4 is 14.9 Å². The molecule has 1 N–H and O–H groups in total. The fourth-order valence-corrected chi connectivity index (χ4v) is 2.18. The molecule has 0 fully saturated rings. The Balaban J connectivity index is 1.81. The summed E-state index contributed by atoms with van der Waals surface area (Å²) in [5, 5.41) is 3.93. The number of rotatable bonds is 8. The molecule has 0 unspecified atom stereocenters. The predicted molar refractivity (Wildman–Crippen MR) is 99.3 cm³/mol. The highest BCUT2D eigenvalue weighted by Gasteiger charge is 2.06. The van der Waals surface area contributed by atoms with Crippen LogP contribution in [0.25, 0.3) is 0 Å². The van der Waals surface area contributed by atoms with Gasteiger partial charge < -0.3 is 9.47 Å². The summed E-state index contributed by atoms with van der Waals surface area (Å²) in [5.74, 6) is 1.17. The molecule has 0 aliphatic carbocycles. The molecule has 2 aromatic carbocycles. The van der Waals surface area contributed by atoms with Gasteiger partial charge in [0, 0.05) is 0 Å². The summed E-state index contributed by atoms with van der Waals surface area (Å²) in [4.78, 5) is 11.8. The van der Waals surface area contributed by atoms with Crippen LogP contribution in [0.3, 0.4) is 0 Å². The highest BCUT2D eigenvalue weighted by atomic mass is 16.5. The second-order valence-electron chi connectivity index (χ2n) is 5.47. The van der Waals surface area contributed by atoms with Gasteiger partial charge in [-0.3, -0.25) is 4.79 Å². The van der Waals surface area contributed by atoms with Crippen LogP contribution in [0.5, 0.6) is 11.5 Å². The summed E-state index contributed by atoms with van der Waals surface area (Å²) in [6, 6.07) is 13.2. The lowest BCUT2D eigenvalue weighted by Crippen LogP contribution is -2.25. The van der Waals surface area contributed by atoms with Crippen molar-refractivity contribution in [3.05, 3.63) is 71.8 Å². The first-order chi connectivity index (χ1) is 12.1. The van der Waals surface area contributed by atoms with Gasteiger partial charge in [0.15, 0.2) is 6.61 Å². The van der Waals surface area contributed by atoms with E-state index in [2.05, 4.69) is 17.1 Å². The highest BCUT2D eigenvalue weighted by molar-refractivity contribution is 5.83. The van der Waals surface area contributed by atoms with Gasteiger partial charge in [0.1, 0.15) is 18.1 Å². The van der Waals surface area contributed by atoms with Crippen LogP contribution in [0, 0.1) is 13.8 Å². The van der Waals surface area contributed by atoms with E-state index in [-0.39, 0.29) is 12.5 Å². The first-order valence-corrected chi connectivity index (χ1v) is 7.95. The molecule has 5 nitrogen and oxygen atoms in total. The smallest absolute Gasteiger partial charge is 0.277 e. The van der Waals surface area contributed by atoms with E-state index in [1.54, 1.807) is 12.3 Å². The van der Waals surface area contributed by atoms with E-state index in [9.17, 15) is 4.79 Å². The van der Waals surface area contributed by atoms with Crippen molar-refractivity contribution in [1.82, 2.24) is 5.43 Å². The summed E-state index contributed by atoms with van der Waals surface area (Å²) in [6.07, 6.45) is 3.25. The van der Waals surface area contributed by atoms with Crippen LogP contribution in [0.15, 0.2) is 60.2 Å². The molecule has 2 rings (SSSR count). The predicted octanol–water partition coefficient (Wildman–Crippen LogP) is 3.40. The molecule has 0 saturated carbocycles. The zero-order valence-corrected chi connectivity index (χ0v) is 14.5. The summed E-state index contributed by atoms with van der Waals surface area (Å²) in [5.41, 5.74) is 5.29. The molecule has 2 aromatic rings. The van der Waals surface area contributed by atoms with Crippen LogP contribution in [-0.2, 0) is 4.79 Å². The number of aryl methyl sites for hydroxylation is 2. The van der Waals surface area contributed by atoms with E-state index in [1.807, 2.05) is 56.3 Å². The largest absolute Gasteiger partial charge is 0.490 e. The van der Waals surface area contributed by atoms with Crippen molar-refractivity contribution in [3.63, 3.8) is 0 Å². The number of hydrogen-bond donors (Lipinski definition) is 1. The first kappa shape index (κ1) is 18.3. The number of nitrogens with zero attached hydrogens (tertiary/aromatic N) is 1. The molecule has 130 valence electrons. The summed E-state index contributed by atoms with van der Waals surface area (Å²) in [6.45, 7) is 7.86. The number of ether oxygens (including phenoxy) is 2. The fourth-order valence-electron chi connectivity index (χ4n) is 2.18. The SMILES string of the molecule is C=CCOc1ccc(/C=N\NC(=O)COc2c(C)cccc2C)cc1. The fraction of sp³-hybridized carbons (Fsp3) is 0.200. The van der Waals surface area contributed by atoms with Gasteiger partial charge >= 0.3 is 0 Å². The third-order valence-electron chi connectivity index (χ3n) is 3.41. The quantitative estimate of drug-likeness (QED) is 0.456. The van der Waals surface area contributed by atoms with E-state index in [1.165, 1.54) is 0 Å². The Morgan fingerprint density at radius 1 is 1.12 bits per heavy atom. The van der Waals surface area contributed by atoms with Crippen LogP contribution in [0.4, 0.5) is 0 Å². The summed E-state index contributed by atoms with van der Waals surface area (Å²) >= 11 is 0. The molecule has 0 spiro atoms. The van der Waals surface area contributed by atoms with Crippen molar-refractivity contribution in [3.8, 4) is 11.5 Å². The van der Waals surface area contributed by atoms with Gasteiger partial charge in [-0.1, -0.05) is 30.9 Å². The maximum Gasteiger partial charge on any atom is 0.277 e. The lowest BCUT2D eigenvalue weighted by molar-refractivity contribution is -0.123. The summed E-state index contributed by atoms with van der Waals surface area (Å²) in [7, 11) is 0. The van der Waals surface area contributed by atoms with Crippen molar-refractivity contribution in [2.75, 3.05) is 13.2 Å². The first-order valence-electron chi connectivity index (χ1n) is 7.95. The highest BCUT2D eigenvalue weighted by Crippen LogP contribution is 2.21. The van der Waals surface area contributed by atoms with Gasteiger partial charge in [-0.05, 0) is 54.8 Å². The lowest BCUT2D eigenvalue weighted by atomic mass is 10.1. The van der Waals surface area contributed by atoms with Gasteiger partial charge in [-0.2, -0.15) is 5.10 Å². The molecular weight excluding hydrogens is 316 g/mol. The number of para-hydroxylation sites is 1. The van der Waals surface area contributed by atoms with E-state index < -0.39 is 0 Å². The van der Waals surface area contributed by atoms with Gasteiger partial charge in [-0.25, -0.2) is 5.43 Å².